The summed E-state index contributed by atoms with van der Waals surface area (Å²) in [6.07, 6.45) is 72.7. The van der Waals surface area contributed by atoms with E-state index in [0.717, 1.165) is 167 Å². The van der Waals surface area contributed by atoms with Gasteiger partial charge in [-0.1, -0.05) is 254 Å². The van der Waals surface area contributed by atoms with Gasteiger partial charge in [-0.2, -0.15) is 0 Å². The molecule has 0 fully saturated rings. The highest BCUT2D eigenvalue weighted by Gasteiger charge is 2.30. The Morgan fingerprint density at radius 1 is 0.296 bits per heavy atom. The summed E-state index contributed by atoms with van der Waals surface area (Å²) in [7, 11) is -9.96. The molecule has 0 rings (SSSR count). The summed E-state index contributed by atoms with van der Waals surface area (Å²) in [6.45, 7) is 4.76. The lowest BCUT2D eigenvalue weighted by molar-refractivity contribution is -0.161. The third-order valence-corrected chi connectivity index (χ3v) is 18.2. The van der Waals surface area contributed by atoms with Crippen LogP contribution >= 0.6 is 15.6 Å². The van der Waals surface area contributed by atoms with Crippen molar-refractivity contribution >= 4 is 39.5 Å². The van der Waals surface area contributed by atoms with Gasteiger partial charge in [0.15, 0.2) is 12.2 Å². The fourth-order valence-electron chi connectivity index (χ4n) is 10.3. The average molecular weight is 1420 g/mol. The summed E-state index contributed by atoms with van der Waals surface area (Å²) in [5.41, 5.74) is 0. The van der Waals surface area contributed by atoms with Gasteiger partial charge < -0.3 is 33.8 Å². The molecule has 0 aliphatic rings. The highest BCUT2D eigenvalue weighted by atomic mass is 31.2. The molecular formula is C79H140O17P2. The lowest BCUT2D eigenvalue weighted by Gasteiger charge is -2.21. The Balaban J connectivity index is 5.37. The van der Waals surface area contributed by atoms with E-state index in [2.05, 4.69) is 113 Å². The quantitative estimate of drug-likeness (QED) is 0.0128. The van der Waals surface area contributed by atoms with Gasteiger partial charge in [0, 0.05) is 25.7 Å². The SMILES string of the molecule is CCCCC/C=C\C/C=C\CCCCCCCC(=O)OC[C@H](COP(=O)(O)OC[C@H](O)COP(=O)(O)OC[C@@H](COC(=O)CCCCCCC/C=C\C=C/CCCCCC)OC(=O)CCCCCCC/C=C\CCCCCC)OC(=O)CCCCCCC/C=C\C/C=C\CCCCC. The Morgan fingerprint density at radius 3 is 0.847 bits per heavy atom. The number of phosphoric ester groups is 2. The van der Waals surface area contributed by atoms with Crippen molar-refractivity contribution in [3.8, 4) is 0 Å². The molecule has 17 nitrogen and oxygen atoms in total. The molecule has 0 radical (unpaired) electrons. The largest absolute Gasteiger partial charge is 0.472 e. The van der Waals surface area contributed by atoms with E-state index in [1.807, 2.05) is 0 Å². The molecule has 0 aliphatic carbocycles. The van der Waals surface area contributed by atoms with E-state index >= 15 is 0 Å². The van der Waals surface area contributed by atoms with Gasteiger partial charge in [-0.3, -0.25) is 37.3 Å². The molecule has 0 saturated heterocycles. The van der Waals surface area contributed by atoms with E-state index in [0.29, 0.717) is 25.7 Å². The maximum absolute atomic E-state index is 13.1. The van der Waals surface area contributed by atoms with E-state index in [9.17, 15) is 43.2 Å². The number of ether oxygens (including phenoxy) is 4. The highest BCUT2D eigenvalue weighted by Crippen LogP contribution is 2.45. The number of rotatable bonds is 73. The standard InChI is InChI=1S/C79H140O17P2/c1-5-9-13-17-21-25-29-33-36-40-43-47-51-55-59-63-76(81)89-69-74(95-78(83)65-61-57-53-49-45-39-32-28-24-20-16-12-8-4)71-93-97(85,86)91-67-73(80)68-92-98(87,88)94-72-75(96-79(84)66-62-58-54-50-46-42-38-35-31-27-23-19-15-11-7-3)70-90-77(82)64-60-56-52-48-44-41-37-34-30-26-22-18-14-10-6-2/h22-23,25-29,32-38,73-75,80H,5-21,24,30-31,39-72H2,1-4H3,(H,85,86)(H,87,88)/b26-22-,27-23-,29-25-,32-28-,36-33-,37-34-,38-35-/t73-,74-,75-/m1/s1. The van der Waals surface area contributed by atoms with Crippen LogP contribution in [-0.4, -0.2) is 96.7 Å². The first-order valence-electron chi connectivity index (χ1n) is 38.8. The van der Waals surface area contributed by atoms with Crippen molar-refractivity contribution in [2.75, 3.05) is 39.6 Å². The molecule has 2 unspecified atom stereocenters. The zero-order valence-corrected chi connectivity index (χ0v) is 63.7. The summed E-state index contributed by atoms with van der Waals surface area (Å²) >= 11 is 0. The maximum Gasteiger partial charge on any atom is 0.472 e. The third kappa shape index (κ3) is 70.7. The minimum atomic E-state index is -4.98. The summed E-state index contributed by atoms with van der Waals surface area (Å²) in [5, 5.41) is 10.6. The number of aliphatic hydroxyl groups is 1. The lowest BCUT2D eigenvalue weighted by atomic mass is 10.1. The van der Waals surface area contributed by atoms with E-state index in [1.165, 1.54) is 89.9 Å². The molecule has 3 N–H and O–H groups in total. The zero-order chi connectivity index (χ0) is 71.8. The van der Waals surface area contributed by atoms with Crippen LogP contribution in [0.2, 0.25) is 0 Å². The third-order valence-electron chi connectivity index (χ3n) is 16.3. The van der Waals surface area contributed by atoms with Gasteiger partial charge >= 0.3 is 39.5 Å². The number of unbranched alkanes of at least 4 members (excludes halogenated alkanes) is 34. The fraction of sp³-hybridized carbons (Fsp3) is 0.772. The molecule has 0 bridgehead atoms. The fourth-order valence-corrected chi connectivity index (χ4v) is 11.9. The second-order valence-corrected chi connectivity index (χ2v) is 28.9. The second-order valence-electron chi connectivity index (χ2n) is 26.0. The molecular weight excluding hydrogens is 1280 g/mol. The number of allylic oxidation sites excluding steroid dienone is 14. The number of hydrogen-bond donors (Lipinski definition) is 3. The van der Waals surface area contributed by atoms with Gasteiger partial charge in [0.25, 0.3) is 0 Å². The van der Waals surface area contributed by atoms with Crippen molar-refractivity contribution in [3.63, 3.8) is 0 Å². The van der Waals surface area contributed by atoms with Crippen LogP contribution in [0.3, 0.4) is 0 Å². The molecule has 0 saturated carbocycles. The summed E-state index contributed by atoms with van der Waals surface area (Å²) < 4.78 is 68.5. The molecule has 5 atom stereocenters. The predicted octanol–water partition coefficient (Wildman–Crippen LogP) is 22.2. The van der Waals surface area contributed by atoms with Crippen LogP contribution in [0, 0.1) is 0 Å². The summed E-state index contributed by atoms with van der Waals surface area (Å²) in [5.74, 6) is -2.22. The average Bonchev–Trinajstić information content (AvgIpc) is 1.04. The molecule has 0 heterocycles. The van der Waals surface area contributed by atoms with Crippen molar-refractivity contribution in [2.45, 2.75) is 354 Å². The number of carbonyl (C=O) groups excluding carboxylic acids is 4. The number of esters is 4. The predicted molar refractivity (Wildman–Crippen MR) is 399 cm³/mol. The lowest BCUT2D eigenvalue weighted by Crippen LogP contribution is -2.30. The molecule has 0 spiro atoms. The minimum absolute atomic E-state index is 0.0767. The number of carbonyl (C=O) groups is 4. The monoisotopic (exact) mass is 1420 g/mol. The summed E-state index contributed by atoms with van der Waals surface area (Å²) in [4.78, 5) is 72.9. The Morgan fingerprint density at radius 2 is 0.531 bits per heavy atom. The first-order valence-corrected chi connectivity index (χ1v) is 41.8. The second kappa shape index (κ2) is 71.6. The molecule has 0 aromatic carbocycles. The Kier molecular flexibility index (Phi) is 68.9. The first kappa shape index (κ1) is 94.2. The van der Waals surface area contributed by atoms with Gasteiger partial charge in [-0.25, -0.2) is 9.13 Å². The molecule has 0 amide bonds. The van der Waals surface area contributed by atoms with Crippen molar-refractivity contribution in [2.24, 2.45) is 0 Å². The van der Waals surface area contributed by atoms with Crippen molar-refractivity contribution in [3.05, 3.63) is 85.1 Å². The molecule has 19 heteroatoms. The number of hydrogen-bond acceptors (Lipinski definition) is 15. The van der Waals surface area contributed by atoms with Crippen LogP contribution in [0.15, 0.2) is 85.1 Å². The number of aliphatic hydroxyl groups excluding tert-OH is 1. The maximum atomic E-state index is 13.1. The van der Waals surface area contributed by atoms with Gasteiger partial charge in [0.1, 0.15) is 19.3 Å². The first-order chi connectivity index (χ1) is 47.7. The Hall–Kier alpha value is -3.76. The topological polar surface area (TPSA) is 237 Å². The van der Waals surface area contributed by atoms with Crippen LogP contribution in [0.4, 0.5) is 0 Å². The van der Waals surface area contributed by atoms with Gasteiger partial charge in [0.2, 0.25) is 0 Å². The highest BCUT2D eigenvalue weighted by molar-refractivity contribution is 7.47. The van der Waals surface area contributed by atoms with E-state index in [-0.39, 0.29) is 25.7 Å². The molecule has 98 heavy (non-hydrogen) atoms. The molecule has 0 aliphatic heterocycles. The normalized spacial score (nSPS) is 14.4. The Labute approximate surface area is 595 Å². The van der Waals surface area contributed by atoms with Crippen LogP contribution in [0.1, 0.15) is 336 Å². The van der Waals surface area contributed by atoms with Crippen LogP contribution < -0.4 is 0 Å². The van der Waals surface area contributed by atoms with E-state index in [4.69, 9.17) is 37.0 Å². The van der Waals surface area contributed by atoms with Crippen molar-refractivity contribution in [1.82, 2.24) is 0 Å². The van der Waals surface area contributed by atoms with E-state index in [1.54, 1.807) is 0 Å². The molecule has 0 aromatic rings. The van der Waals surface area contributed by atoms with Gasteiger partial charge in [-0.05, 0) is 141 Å². The van der Waals surface area contributed by atoms with Gasteiger partial charge in [-0.15, -0.1) is 0 Å². The van der Waals surface area contributed by atoms with Crippen LogP contribution in [-0.2, 0) is 65.4 Å². The van der Waals surface area contributed by atoms with Crippen LogP contribution in [0.5, 0.6) is 0 Å². The van der Waals surface area contributed by atoms with Crippen LogP contribution in [0.25, 0.3) is 0 Å². The van der Waals surface area contributed by atoms with Crippen molar-refractivity contribution < 1.29 is 80.2 Å². The number of phosphoric acid groups is 2. The Bertz CT molecular complexity index is 2190. The van der Waals surface area contributed by atoms with Crippen molar-refractivity contribution in [1.29, 1.82) is 0 Å². The molecule has 568 valence electrons. The summed E-state index contributed by atoms with van der Waals surface area (Å²) in [6, 6.07) is 0. The van der Waals surface area contributed by atoms with Gasteiger partial charge in [0.05, 0.1) is 26.4 Å². The smallest absolute Gasteiger partial charge is 0.462 e. The zero-order valence-electron chi connectivity index (χ0n) is 62.0. The van der Waals surface area contributed by atoms with E-state index < -0.39 is 97.5 Å². The minimum Gasteiger partial charge on any atom is -0.462 e. The molecule has 0 aromatic heterocycles.